The van der Waals surface area contributed by atoms with Crippen molar-refractivity contribution in [2.24, 2.45) is 0 Å². The standard InChI is InChI=1S/C6H5NO3/c7-3-1-2-4(8)6(10)5(3)9/h1-2,7,9-10H. The second-order valence-corrected chi connectivity index (χ2v) is 1.81. The quantitative estimate of drug-likeness (QED) is 0.427. The van der Waals surface area contributed by atoms with E-state index in [1.165, 1.54) is 0 Å². The smallest absolute Gasteiger partial charge is 0.224 e. The van der Waals surface area contributed by atoms with Crippen LogP contribution in [0, 0.1) is 5.41 Å². The van der Waals surface area contributed by atoms with Crippen LogP contribution < -0.4 is 0 Å². The van der Waals surface area contributed by atoms with Gasteiger partial charge in [0.25, 0.3) is 0 Å². The molecule has 4 heteroatoms. The molecule has 0 radical (unpaired) electrons. The number of carbonyl (C=O) groups excluding carboxylic acids is 1. The van der Waals surface area contributed by atoms with Gasteiger partial charge in [0.05, 0.1) is 5.71 Å². The normalized spacial score (nSPS) is 18.4. The molecule has 0 bridgehead atoms. The summed E-state index contributed by atoms with van der Waals surface area (Å²) in [6.45, 7) is 0. The van der Waals surface area contributed by atoms with Gasteiger partial charge in [-0.1, -0.05) is 0 Å². The number of ketones is 1. The molecule has 0 atom stereocenters. The molecule has 10 heavy (non-hydrogen) atoms. The highest BCUT2D eigenvalue weighted by atomic mass is 16.3. The average molecular weight is 139 g/mol. The highest BCUT2D eigenvalue weighted by Crippen LogP contribution is 2.07. The van der Waals surface area contributed by atoms with Gasteiger partial charge < -0.3 is 10.2 Å². The lowest BCUT2D eigenvalue weighted by molar-refractivity contribution is -0.113. The van der Waals surface area contributed by atoms with E-state index in [4.69, 9.17) is 15.6 Å². The Bertz CT molecular complexity index is 236. The minimum atomic E-state index is -0.757. The molecule has 0 spiro atoms. The van der Waals surface area contributed by atoms with Crippen LogP contribution in [0.1, 0.15) is 0 Å². The third-order valence-electron chi connectivity index (χ3n) is 1.11. The lowest BCUT2D eigenvalue weighted by atomic mass is 10.1. The third kappa shape index (κ3) is 0.793. The minimum Gasteiger partial charge on any atom is -0.503 e. The van der Waals surface area contributed by atoms with E-state index >= 15 is 0 Å². The van der Waals surface area contributed by atoms with Crippen molar-refractivity contribution in [3.63, 3.8) is 0 Å². The van der Waals surface area contributed by atoms with Gasteiger partial charge >= 0.3 is 0 Å². The zero-order valence-corrected chi connectivity index (χ0v) is 4.96. The Morgan fingerprint density at radius 2 is 1.80 bits per heavy atom. The zero-order valence-electron chi connectivity index (χ0n) is 4.96. The van der Waals surface area contributed by atoms with Crippen molar-refractivity contribution in [2.45, 2.75) is 0 Å². The Labute approximate surface area is 56.6 Å². The van der Waals surface area contributed by atoms with E-state index < -0.39 is 17.3 Å². The number of aliphatic hydroxyl groups excluding tert-OH is 2. The molecule has 3 N–H and O–H groups in total. The molecular formula is C6H5NO3. The summed E-state index contributed by atoms with van der Waals surface area (Å²) in [5.74, 6) is -2.09. The maximum atomic E-state index is 10.5. The van der Waals surface area contributed by atoms with Crippen LogP contribution in [0.4, 0.5) is 0 Å². The van der Waals surface area contributed by atoms with E-state index in [2.05, 4.69) is 0 Å². The Balaban J connectivity index is 3.12. The lowest BCUT2D eigenvalue weighted by Gasteiger charge is -2.03. The van der Waals surface area contributed by atoms with Crippen LogP contribution in [0.5, 0.6) is 0 Å². The Kier molecular flexibility index (Phi) is 1.30. The first kappa shape index (κ1) is 6.54. The van der Waals surface area contributed by atoms with Crippen molar-refractivity contribution in [2.75, 3.05) is 0 Å². The Hall–Kier alpha value is -1.58. The fraction of sp³-hybridized carbons (Fsp3) is 0. The van der Waals surface area contributed by atoms with Crippen molar-refractivity contribution in [1.29, 1.82) is 5.41 Å². The highest BCUT2D eigenvalue weighted by molar-refractivity contribution is 6.18. The van der Waals surface area contributed by atoms with E-state index in [0.717, 1.165) is 12.2 Å². The first-order chi connectivity index (χ1) is 4.63. The maximum absolute atomic E-state index is 10.5. The van der Waals surface area contributed by atoms with E-state index in [-0.39, 0.29) is 5.71 Å². The zero-order chi connectivity index (χ0) is 7.72. The molecule has 1 rings (SSSR count). The fourth-order valence-electron chi connectivity index (χ4n) is 0.561. The van der Waals surface area contributed by atoms with Gasteiger partial charge in [0.1, 0.15) is 0 Å². The summed E-state index contributed by atoms with van der Waals surface area (Å²) >= 11 is 0. The van der Waals surface area contributed by atoms with Crippen LogP contribution in [-0.4, -0.2) is 21.7 Å². The second kappa shape index (κ2) is 1.98. The number of nitrogens with one attached hydrogen (secondary N) is 1. The molecule has 0 unspecified atom stereocenters. The van der Waals surface area contributed by atoms with E-state index in [1.54, 1.807) is 0 Å². The van der Waals surface area contributed by atoms with Gasteiger partial charge in [0.15, 0.2) is 5.76 Å². The molecule has 4 nitrogen and oxygen atoms in total. The fourth-order valence-corrected chi connectivity index (χ4v) is 0.561. The summed E-state index contributed by atoms with van der Waals surface area (Å²) in [5, 5.41) is 24.4. The molecule has 0 aromatic carbocycles. The molecule has 0 aromatic heterocycles. The molecule has 0 saturated carbocycles. The molecule has 1 aliphatic rings. The molecule has 0 fully saturated rings. The summed E-state index contributed by atoms with van der Waals surface area (Å²) in [6.07, 6.45) is 2.15. The highest BCUT2D eigenvalue weighted by Gasteiger charge is 2.17. The number of rotatable bonds is 0. The monoisotopic (exact) mass is 139 g/mol. The lowest BCUT2D eigenvalue weighted by Crippen LogP contribution is -2.12. The molecule has 0 heterocycles. The third-order valence-corrected chi connectivity index (χ3v) is 1.11. The molecule has 0 saturated heterocycles. The minimum absolute atomic E-state index is 0.253. The van der Waals surface area contributed by atoms with Crippen molar-refractivity contribution >= 4 is 11.5 Å². The summed E-state index contributed by atoms with van der Waals surface area (Å²) in [4.78, 5) is 10.5. The predicted octanol–water partition coefficient (Wildman–Crippen LogP) is 0.473. The molecule has 0 aromatic rings. The van der Waals surface area contributed by atoms with Gasteiger partial charge in [0.2, 0.25) is 11.5 Å². The first-order valence-electron chi connectivity index (χ1n) is 2.56. The van der Waals surface area contributed by atoms with E-state index in [1.807, 2.05) is 0 Å². The van der Waals surface area contributed by atoms with Crippen LogP contribution in [0.15, 0.2) is 23.7 Å². The number of aliphatic hydroxyl groups is 2. The molecule has 52 valence electrons. The number of hydrogen-bond donors (Lipinski definition) is 3. The number of carbonyl (C=O) groups is 1. The molecular weight excluding hydrogens is 134 g/mol. The van der Waals surface area contributed by atoms with Gasteiger partial charge in [-0.05, 0) is 12.2 Å². The number of allylic oxidation sites excluding steroid dienone is 2. The van der Waals surface area contributed by atoms with Crippen LogP contribution in [0.25, 0.3) is 0 Å². The summed E-state index contributed by atoms with van der Waals surface area (Å²) < 4.78 is 0. The second-order valence-electron chi connectivity index (χ2n) is 1.81. The molecule has 0 aliphatic heterocycles. The maximum Gasteiger partial charge on any atom is 0.224 e. The number of hydrogen-bond acceptors (Lipinski definition) is 4. The van der Waals surface area contributed by atoms with Gasteiger partial charge in [-0.3, -0.25) is 10.2 Å². The Morgan fingerprint density at radius 1 is 1.20 bits per heavy atom. The van der Waals surface area contributed by atoms with E-state index in [0.29, 0.717) is 0 Å². The molecule has 0 amide bonds. The first-order valence-corrected chi connectivity index (χ1v) is 2.56. The van der Waals surface area contributed by atoms with Gasteiger partial charge in [0, 0.05) is 0 Å². The SMILES string of the molecule is N=C1C=CC(=O)C(O)=C1O. The predicted molar refractivity (Wildman–Crippen MR) is 34.2 cm³/mol. The summed E-state index contributed by atoms with van der Waals surface area (Å²) in [7, 11) is 0. The summed E-state index contributed by atoms with van der Waals surface area (Å²) in [6, 6.07) is 0. The largest absolute Gasteiger partial charge is 0.503 e. The van der Waals surface area contributed by atoms with Crippen molar-refractivity contribution in [3.8, 4) is 0 Å². The van der Waals surface area contributed by atoms with Crippen LogP contribution in [-0.2, 0) is 4.79 Å². The van der Waals surface area contributed by atoms with Crippen molar-refractivity contribution < 1.29 is 15.0 Å². The van der Waals surface area contributed by atoms with Crippen LogP contribution >= 0.6 is 0 Å². The van der Waals surface area contributed by atoms with Crippen LogP contribution in [0.2, 0.25) is 0 Å². The van der Waals surface area contributed by atoms with Gasteiger partial charge in [-0.15, -0.1) is 0 Å². The Morgan fingerprint density at radius 3 is 2.30 bits per heavy atom. The van der Waals surface area contributed by atoms with Crippen molar-refractivity contribution in [1.82, 2.24) is 0 Å². The van der Waals surface area contributed by atoms with Crippen LogP contribution in [0.3, 0.4) is 0 Å². The van der Waals surface area contributed by atoms with Crippen molar-refractivity contribution in [3.05, 3.63) is 23.7 Å². The van der Waals surface area contributed by atoms with E-state index in [9.17, 15) is 4.79 Å². The topological polar surface area (TPSA) is 81.4 Å². The van der Waals surface area contributed by atoms with Gasteiger partial charge in [-0.2, -0.15) is 0 Å². The average Bonchev–Trinajstić information content (AvgIpc) is 1.93. The molecule has 1 aliphatic carbocycles. The summed E-state index contributed by atoms with van der Waals surface area (Å²) in [5.41, 5.74) is -0.253. The van der Waals surface area contributed by atoms with Gasteiger partial charge in [-0.25, -0.2) is 0 Å².